The first-order chi connectivity index (χ1) is 28.7. The number of pyridine rings is 1. The van der Waals surface area contributed by atoms with Crippen molar-refractivity contribution < 1.29 is 57.3 Å². The van der Waals surface area contributed by atoms with E-state index in [1.807, 2.05) is 38.9 Å². The Kier molecular flexibility index (Phi) is 15.2. The van der Waals surface area contributed by atoms with E-state index in [1.54, 1.807) is 65.9 Å². The van der Waals surface area contributed by atoms with Crippen LogP contribution in [0, 0.1) is 35.5 Å². The maximum absolute atomic E-state index is 14.8. The molecule has 3 aliphatic rings. The Morgan fingerprint density at radius 3 is 2.36 bits per heavy atom. The summed E-state index contributed by atoms with van der Waals surface area (Å²) in [5.41, 5.74) is 4.71. The zero-order valence-corrected chi connectivity index (χ0v) is 37.5. The van der Waals surface area contributed by atoms with Crippen molar-refractivity contribution in [2.24, 2.45) is 46.4 Å². The molecule has 15 atom stereocenters. The second-order valence-electron chi connectivity index (χ2n) is 17.6. The molecule has 0 aliphatic carbocycles. The number of esters is 2. The molecule has 0 aromatic carbocycles. The molecule has 1 unspecified atom stereocenters. The lowest BCUT2D eigenvalue weighted by Crippen LogP contribution is -2.59. The Balaban J connectivity index is 1.52. The summed E-state index contributed by atoms with van der Waals surface area (Å²) >= 11 is 0. The van der Waals surface area contributed by atoms with Gasteiger partial charge in [-0.3, -0.25) is 24.2 Å². The van der Waals surface area contributed by atoms with Crippen LogP contribution in [-0.4, -0.2) is 119 Å². The van der Waals surface area contributed by atoms with Crippen molar-refractivity contribution in [2.75, 3.05) is 21.2 Å². The zero-order chi connectivity index (χ0) is 45.1. The predicted molar refractivity (Wildman–Crippen MR) is 221 cm³/mol. The average molecular weight is 856 g/mol. The molecule has 0 spiro atoms. The summed E-state index contributed by atoms with van der Waals surface area (Å²) in [4.78, 5) is 69.4. The number of carbonyl (C=O) groups excluding carboxylic acids is 4. The summed E-state index contributed by atoms with van der Waals surface area (Å²) < 4.78 is 36.6. The van der Waals surface area contributed by atoms with E-state index in [9.17, 15) is 24.3 Å². The quantitative estimate of drug-likeness (QED) is 0.103. The first-order valence-corrected chi connectivity index (χ1v) is 21.3. The summed E-state index contributed by atoms with van der Waals surface area (Å²) in [6.07, 6.45) is -2.67. The average Bonchev–Trinajstić information content (AvgIpc) is 3.83. The predicted octanol–water partition coefficient (Wildman–Crippen LogP) is 4.65. The third-order valence-electron chi connectivity index (χ3n) is 13.1. The van der Waals surface area contributed by atoms with Crippen LogP contribution >= 0.6 is 0 Å². The minimum atomic E-state index is -1.59. The van der Waals surface area contributed by atoms with Crippen molar-refractivity contribution in [1.29, 1.82) is 0 Å². The van der Waals surface area contributed by atoms with Crippen LogP contribution in [0.15, 0.2) is 40.1 Å². The number of aliphatic hydroxyl groups is 1. The van der Waals surface area contributed by atoms with Crippen molar-refractivity contribution >= 4 is 29.3 Å². The second kappa shape index (κ2) is 19.4. The number of hydrogen-bond donors (Lipinski definition) is 2. The monoisotopic (exact) mass is 855 g/mol. The SMILES string of the molecule is CC[C@H](O/N=C(\N)[C@@H]1C(=O)O[C@@]2(C)[C@H]1[C@@H](C)C(=O)[C@H](C)C[C@@](C)(OC)[C@H](OC1O[C@H](C)C[C@H](N(C)C)[C@H]1O)[C@@H](C)C(=O)[C@@H](C)C(=O)O[C@H]2CC)c1cc(-c2ccccn2)on1. The lowest BCUT2D eigenvalue weighted by molar-refractivity contribution is -0.295. The number of aromatic nitrogens is 2. The molecular weight excluding hydrogens is 791 g/mol. The largest absolute Gasteiger partial charge is 0.458 e. The van der Waals surface area contributed by atoms with E-state index < -0.39 is 95.1 Å². The fourth-order valence-electron chi connectivity index (χ4n) is 9.53. The zero-order valence-electron chi connectivity index (χ0n) is 37.5. The molecule has 0 radical (unpaired) electrons. The lowest BCUT2D eigenvalue weighted by atomic mass is 9.67. The number of carbonyl (C=O) groups is 4. The number of oxime groups is 1. The van der Waals surface area contributed by atoms with E-state index in [2.05, 4.69) is 15.3 Å². The molecule has 3 fully saturated rings. The van der Waals surface area contributed by atoms with Gasteiger partial charge in [0.15, 0.2) is 35.4 Å². The maximum atomic E-state index is 14.8. The molecule has 17 nitrogen and oxygen atoms in total. The van der Waals surface area contributed by atoms with Gasteiger partial charge in [0, 0.05) is 49.1 Å². The number of amidine groups is 1. The highest BCUT2D eigenvalue weighted by Crippen LogP contribution is 2.48. The molecule has 2 aromatic heterocycles. The minimum absolute atomic E-state index is 0.0480. The molecule has 3 N–H and O–H groups in total. The van der Waals surface area contributed by atoms with Crippen LogP contribution in [-0.2, 0) is 47.7 Å². The summed E-state index contributed by atoms with van der Waals surface area (Å²) in [5, 5.41) is 19.8. The smallest absolute Gasteiger partial charge is 0.317 e. The Hall–Kier alpha value is -4.29. The van der Waals surface area contributed by atoms with E-state index >= 15 is 0 Å². The summed E-state index contributed by atoms with van der Waals surface area (Å²) in [6, 6.07) is 6.76. The van der Waals surface area contributed by atoms with Gasteiger partial charge in [-0.25, -0.2) is 0 Å². The number of aliphatic hydroxyl groups excluding tert-OH is 1. The van der Waals surface area contributed by atoms with Crippen molar-refractivity contribution in [1.82, 2.24) is 15.0 Å². The van der Waals surface area contributed by atoms with Gasteiger partial charge in [0.2, 0.25) is 0 Å². The van der Waals surface area contributed by atoms with Crippen LogP contribution in [0.5, 0.6) is 0 Å². The lowest BCUT2D eigenvalue weighted by Gasteiger charge is -2.47. The van der Waals surface area contributed by atoms with Crippen molar-refractivity contribution in [3.8, 4) is 11.5 Å². The van der Waals surface area contributed by atoms with Gasteiger partial charge in [0.25, 0.3) is 0 Å². The van der Waals surface area contributed by atoms with E-state index in [0.717, 1.165) is 0 Å². The molecule has 17 heteroatoms. The number of methoxy groups -OCH3 is 1. The molecule has 0 amide bonds. The van der Waals surface area contributed by atoms with Crippen LogP contribution in [0.1, 0.15) is 99.8 Å². The number of ketones is 2. The number of likely N-dealkylation sites (N-methyl/N-ethyl adjacent to an activating group) is 1. The first kappa shape index (κ1) is 47.8. The van der Waals surface area contributed by atoms with E-state index in [0.29, 0.717) is 30.0 Å². The molecule has 338 valence electrons. The Bertz CT molecular complexity index is 1890. The fourth-order valence-corrected chi connectivity index (χ4v) is 9.53. The van der Waals surface area contributed by atoms with Crippen molar-refractivity contribution in [2.45, 2.75) is 142 Å². The Morgan fingerprint density at radius 2 is 1.75 bits per heavy atom. The van der Waals surface area contributed by atoms with Gasteiger partial charge in [-0.2, -0.15) is 0 Å². The molecule has 0 bridgehead atoms. The summed E-state index contributed by atoms with van der Waals surface area (Å²) in [5.74, 6) is -8.51. The summed E-state index contributed by atoms with van der Waals surface area (Å²) in [6.45, 7) is 15.4. The summed E-state index contributed by atoms with van der Waals surface area (Å²) in [7, 11) is 5.17. The topological polar surface area (TPSA) is 224 Å². The highest BCUT2D eigenvalue weighted by Gasteiger charge is 2.63. The molecule has 0 saturated carbocycles. The highest BCUT2D eigenvalue weighted by molar-refractivity contribution is 6.03. The second-order valence-corrected chi connectivity index (χ2v) is 17.6. The number of fused-ring (bicyclic) bond motifs is 1. The number of Topliss-reactive ketones (excluding diaryl/α,β-unsaturated/α-hetero) is 2. The van der Waals surface area contributed by atoms with E-state index in [4.69, 9.17) is 38.8 Å². The number of hydrogen-bond acceptors (Lipinski definition) is 16. The van der Waals surface area contributed by atoms with Crippen molar-refractivity contribution in [3.05, 3.63) is 36.2 Å². The third-order valence-corrected chi connectivity index (χ3v) is 13.1. The molecule has 2 aromatic rings. The standard InChI is InChI=1S/C44H65N5O12/c1-13-30(28-20-31(61-47-28)27-17-15-16-18-46-27)60-48-39(45)33-34-24(5)35(50)22(3)21-43(8,55-12)38(58-42-37(52)29(49(10)11)19-23(4)56-42)25(6)36(51)26(7)40(53)57-32(14-2)44(34,9)59-41(33)54/h15-18,20,22-26,29-30,32-34,37-38,42,52H,13-14,19,21H2,1-12H3,(H2,45,48)/t22-,23-,24-,25+,26-,29+,30+,32+,33-,34+,37-,38-,42?,43-,44-/m1/s1. The van der Waals surface area contributed by atoms with Crippen LogP contribution in [0.4, 0.5) is 0 Å². The number of rotatable bonds is 11. The molecule has 61 heavy (non-hydrogen) atoms. The molecule has 3 saturated heterocycles. The Labute approximate surface area is 358 Å². The van der Waals surface area contributed by atoms with Crippen LogP contribution in [0.2, 0.25) is 0 Å². The maximum Gasteiger partial charge on any atom is 0.317 e. The van der Waals surface area contributed by atoms with Gasteiger partial charge in [0.1, 0.15) is 41.2 Å². The normalized spacial score (nSPS) is 37.4. The van der Waals surface area contributed by atoms with Gasteiger partial charge in [-0.1, -0.05) is 51.0 Å². The molecule has 5 rings (SSSR count). The van der Waals surface area contributed by atoms with E-state index in [-0.39, 0.29) is 36.6 Å². The molecule has 5 heterocycles. The van der Waals surface area contributed by atoms with Crippen LogP contribution in [0.25, 0.3) is 11.5 Å². The van der Waals surface area contributed by atoms with Crippen molar-refractivity contribution in [3.63, 3.8) is 0 Å². The first-order valence-electron chi connectivity index (χ1n) is 21.3. The van der Waals surface area contributed by atoms with Gasteiger partial charge < -0.3 is 48.8 Å². The minimum Gasteiger partial charge on any atom is -0.458 e. The van der Waals surface area contributed by atoms with E-state index in [1.165, 1.54) is 14.0 Å². The molecule has 3 aliphatic heterocycles. The fraction of sp³-hybridized carbons (Fsp3) is 0.705. The van der Waals surface area contributed by atoms with Gasteiger partial charge in [0.05, 0.1) is 17.8 Å². The molecular formula is C44H65N5O12. The number of ether oxygens (including phenoxy) is 5. The van der Waals surface area contributed by atoms with Crippen LogP contribution in [0.3, 0.4) is 0 Å². The van der Waals surface area contributed by atoms with Gasteiger partial charge >= 0.3 is 11.9 Å². The van der Waals surface area contributed by atoms with Gasteiger partial charge in [-0.15, -0.1) is 0 Å². The number of cyclic esters (lactones) is 1. The Morgan fingerprint density at radius 1 is 1.05 bits per heavy atom. The number of nitrogens with two attached hydrogens (primary N) is 1. The van der Waals surface area contributed by atoms with Gasteiger partial charge in [-0.05, 0) is 79.6 Å². The number of nitrogens with zero attached hydrogens (tertiary/aromatic N) is 4. The third kappa shape index (κ3) is 9.70. The van der Waals surface area contributed by atoms with Crippen LogP contribution < -0.4 is 5.73 Å². The highest BCUT2D eigenvalue weighted by atomic mass is 16.7.